The molecular formula is C16H11ClN2O3S2. The number of esters is 1. The molecule has 0 saturated carbocycles. The first-order valence-corrected chi connectivity index (χ1v) is 8.85. The summed E-state index contributed by atoms with van der Waals surface area (Å²) in [6.07, 6.45) is 0. The van der Waals surface area contributed by atoms with Crippen molar-refractivity contribution in [2.75, 3.05) is 12.4 Å². The number of benzene rings is 1. The first-order chi connectivity index (χ1) is 11.6. The number of hydrogen-bond acceptors (Lipinski definition) is 6. The number of thiophene rings is 1. The molecule has 0 bridgehead atoms. The molecule has 0 spiro atoms. The van der Waals surface area contributed by atoms with Crippen LogP contribution in [-0.4, -0.2) is 24.0 Å². The zero-order valence-corrected chi connectivity index (χ0v) is 14.8. The zero-order chi connectivity index (χ0) is 17.1. The van der Waals surface area contributed by atoms with E-state index in [1.807, 2.05) is 11.4 Å². The lowest BCUT2D eigenvalue weighted by atomic mass is 10.1. The minimum absolute atomic E-state index is 0.318. The Kier molecular flexibility index (Phi) is 4.94. The van der Waals surface area contributed by atoms with Gasteiger partial charge in [-0.15, -0.1) is 22.7 Å². The standard InChI is InChI=1S/C16H11ClN2O3S2/c1-22-15(21)10-4-2-3-9(7-10)14(20)19-16-18-11(8-23-16)12-5-6-13(17)24-12/h2-8H,1H3,(H,18,19,20). The van der Waals surface area contributed by atoms with Crippen molar-refractivity contribution in [3.8, 4) is 10.6 Å². The quantitative estimate of drug-likeness (QED) is 0.675. The Balaban J connectivity index is 1.76. The smallest absolute Gasteiger partial charge is 0.337 e. The van der Waals surface area contributed by atoms with Crippen LogP contribution in [0.3, 0.4) is 0 Å². The van der Waals surface area contributed by atoms with E-state index in [0.717, 1.165) is 10.6 Å². The average molecular weight is 379 g/mol. The molecule has 8 heteroatoms. The van der Waals surface area contributed by atoms with Gasteiger partial charge >= 0.3 is 5.97 Å². The van der Waals surface area contributed by atoms with Gasteiger partial charge in [0.05, 0.1) is 27.6 Å². The monoisotopic (exact) mass is 378 g/mol. The molecule has 122 valence electrons. The molecule has 0 unspecified atom stereocenters. The van der Waals surface area contributed by atoms with Crippen LogP contribution in [0.5, 0.6) is 0 Å². The Hall–Kier alpha value is -2.22. The summed E-state index contributed by atoms with van der Waals surface area (Å²) in [7, 11) is 1.29. The number of nitrogens with one attached hydrogen (secondary N) is 1. The zero-order valence-electron chi connectivity index (χ0n) is 12.4. The molecule has 5 nitrogen and oxygen atoms in total. The summed E-state index contributed by atoms with van der Waals surface area (Å²) in [6.45, 7) is 0. The van der Waals surface area contributed by atoms with Gasteiger partial charge in [0, 0.05) is 10.9 Å². The van der Waals surface area contributed by atoms with E-state index in [0.29, 0.717) is 20.6 Å². The van der Waals surface area contributed by atoms with E-state index in [2.05, 4.69) is 15.0 Å². The van der Waals surface area contributed by atoms with Gasteiger partial charge in [-0.2, -0.15) is 0 Å². The van der Waals surface area contributed by atoms with E-state index < -0.39 is 5.97 Å². The minimum Gasteiger partial charge on any atom is -0.465 e. The van der Waals surface area contributed by atoms with Crippen molar-refractivity contribution >= 4 is 51.3 Å². The molecule has 1 N–H and O–H groups in total. The fourth-order valence-corrected chi connectivity index (χ4v) is 3.75. The van der Waals surface area contributed by atoms with E-state index in [-0.39, 0.29) is 5.91 Å². The van der Waals surface area contributed by atoms with Crippen molar-refractivity contribution in [1.82, 2.24) is 4.98 Å². The van der Waals surface area contributed by atoms with Crippen molar-refractivity contribution in [2.45, 2.75) is 0 Å². The fourth-order valence-electron chi connectivity index (χ4n) is 1.97. The molecule has 0 fully saturated rings. The van der Waals surface area contributed by atoms with Crippen LogP contribution in [0.1, 0.15) is 20.7 Å². The number of carbonyl (C=O) groups excluding carboxylic acids is 2. The van der Waals surface area contributed by atoms with E-state index in [1.54, 1.807) is 24.3 Å². The number of methoxy groups -OCH3 is 1. The maximum atomic E-state index is 12.3. The lowest BCUT2D eigenvalue weighted by Crippen LogP contribution is -2.13. The van der Waals surface area contributed by atoms with Crippen LogP contribution < -0.4 is 5.32 Å². The molecule has 2 aromatic heterocycles. The number of rotatable bonds is 4. The van der Waals surface area contributed by atoms with Crippen LogP contribution in [0.4, 0.5) is 5.13 Å². The number of carbonyl (C=O) groups is 2. The maximum absolute atomic E-state index is 12.3. The van der Waals surface area contributed by atoms with Crippen LogP contribution in [0.25, 0.3) is 10.6 Å². The van der Waals surface area contributed by atoms with Crippen molar-refractivity contribution in [3.05, 3.63) is 57.2 Å². The number of amides is 1. The third kappa shape index (κ3) is 3.64. The van der Waals surface area contributed by atoms with Gasteiger partial charge in [0.15, 0.2) is 5.13 Å². The van der Waals surface area contributed by atoms with Crippen molar-refractivity contribution < 1.29 is 14.3 Å². The summed E-state index contributed by atoms with van der Waals surface area (Å²) in [4.78, 5) is 29.2. The van der Waals surface area contributed by atoms with Gasteiger partial charge < -0.3 is 4.74 Å². The molecule has 0 aliphatic rings. The van der Waals surface area contributed by atoms with E-state index in [9.17, 15) is 9.59 Å². The highest BCUT2D eigenvalue weighted by Crippen LogP contribution is 2.32. The topological polar surface area (TPSA) is 68.3 Å². The largest absolute Gasteiger partial charge is 0.465 e. The Bertz CT molecular complexity index is 904. The van der Waals surface area contributed by atoms with E-state index in [1.165, 1.54) is 35.8 Å². The normalized spacial score (nSPS) is 10.4. The van der Waals surface area contributed by atoms with Crippen molar-refractivity contribution in [1.29, 1.82) is 0 Å². The van der Waals surface area contributed by atoms with Crippen LogP contribution in [0.2, 0.25) is 4.34 Å². The Morgan fingerprint density at radius 3 is 2.71 bits per heavy atom. The van der Waals surface area contributed by atoms with Crippen molar-refractivity contribution in [3.63, 3.8) is 0 Å². The van der Waals surface area contributed by atoms with E-state index in [4.69, 9.17) is 11.6 Å². The Morgan fingerprint density at radius 1 is 1.21 bits per heavy atom. The number of aromatic nitrogens is 1. The highest BCUT2D eigenvalue weighted by molar-refractivity contribution is 7.20. The van der Waals surface area contributed by atoms with Crippen molar-refractivity contribution in [2.24, 2.45) is 0 Å². The second-order valence-electron chi connectivity index (χ2n) is 4.67. The van der Waals surface area contributed by atoms with Crippen LogP contribution in [-0.2, 0) is 4.74 Å². The summed E-state index contributed by atoms with van der Waals surface area (Å²) >= 11 is 8.66. The van der Waals surface area contributed by atoms with Gasteiger partial charge in [-0.25, -0.2) is 9.78 Å². The van der Waals surface area contributed by atoms with Gasteiger partial charge in [0.25, 0.3) is 5.91 Å². The summed E-state index contributed by atoms with van der Waals surface area (Å²) < 4.78 is 5.34. The van der Waals surface area contributed by atoms with Gasteiger partial charge in [0.2, 0.25) is 0 Å². The first-order valence-electron chi connectivity index (χ1n) is 6.78. The number of anilines is 1. The summed E-state index contributed by atoms with van der Waals surface area (Å²) in [5.74, 6) is -0.832. The molecule has 3 rings (SSSR count). The Morgan fingerprint density at radius 2 is 2.00 bits per heavy atom. The lowest BCUT2D eigenvalue weighted by Gasteiger charge is -2.04. The van der Waals surface area contributed by atoms with Crippen LogP contribution in [0.15, 0.2) is 41.8 Å². The molecule has 1 aromatic carbocycles. The predicted octanol–water partition coefficient (Wildman–Crippen LogP) is 4.56. The fraction of sp³-hybridized carbons (Fsp3) is 0.0625. The molecule has 0 saturated heterocycles. The molecule has 1 amide bonds. The molecular weight excluding hydrogens is 368 g/mol. The van der Waals surface area contributed by atoms with E-state index >= 15 is 0 Å². The number of thiazole rings is 1. The predicted molar refractivity (Wildman–Crippen MR) is 96.2 cm³/mol. The number of ether oxygens (including phenoxy) is 1. The number of hydrogen-bond donors (Lipinski definition) is 1. The number of nitrogens with zero attached hydrogens (tertiary/aromatic N) is 1. The SMILES string of the molecule is COC(=O)c1cccc(C(=O)Nc2nc(-c3ccc(Cl)s3)cs2)c1. The van der Waals surface area contributed by atoms with Gasteiger partial charge in [0.1, 0.15) is 0 Å². The summed E-state index contributed by atoms with van der Waals surface area (Å²) in [5, 5.41) is 5.05. The van der Waals surface area contributed by atoms with Gasteiger partial charge in [-0.05, 0) is 30.3 Å². The molecule has 0 radical (unpaired) electrons. The Labute approximate surface area is 150 Å². The average Bonchev–Trinajstić information content (AvgIpc) is 3.23. The third-order valence-electron chi connectivity index (χ3n) is 3.10. The maximum Gasteiger partial charge on any atom is 0.337 e. The summed E-state index contributed by atoms with van der Waals surface area (Å²) in [6, 6.07) is 10.0. The van der Waals surface area contributed by atoms with Crippen LogP contribution in [0, 0.1) is 0 Å². The molecule has 3 aromatic rings. The van der Waals surface area contributed by atoms with Crippen LogP contribution >= 0.6 is 34.3 Å². The second-order valence-corrected chi connectivity index (χ2v) is 7.24. The number of halogens is 1. The first kappa shape index (κ1) is 16.6. The van der Waals surface area contributed by atoms with Gasteiger partial charge in [-0.3, -0.25) is 10.1 Å². The highest BCUT2D eigenvalue weighted by atomic mass is 35.5. The lowest BCUT2D eigenvalue weighted by molar-refractivity contribution is 0.0600. The van der Waals surface area contributed by atoms with Gasteiger partial charge in [-0.1, -0.05) is 17.7 Å². The second kappa shape index (κ2) is 7.12. The molecule has 2 heterocycles. The molecule has 0 atom stereocenters. The molecule has 0 aliphatic carbocycles. The molecule has 24 heavy (non-hydrogen) atoms. The summed E-state index contributed by atoms with van der Waals surface area (Å²) in [5.41, 5.74) is 1.43. The third-order valence-corrected chi connectivity index (χ3v) is 5.11. The highest BCUT2D eigenvalue weighted by Gasteiger charge is 2.13. The molecule has 0 aliphatic heterocycles. The minimum atomic E-state index is -0.490.